The highest BCUT2D eigenvalue weighted by Crippen LogP contribution is 2.21. The third kappa shape index (κ3) is 6.96. The molecule has 1 amide bonds. The highest BCUT2D eigenvalue weighted by molar-refractivity contribution is 7.89. The number of carbonyl (C=O) groups is 1. The van der Waals surface area contributed by atoms with Crippen molar-refractivity contribution < 1.29 is 17.6 Å². The second-order valence-corrected chi connectivity index (χ2v) is 11.7. The topological polar surface area (TPSA) is 57.7 Å². The Bertz CT molecular complexity index is 1160. The number of hydrogen-bond acceptors (Lipinski definition) is 4. The molecule has 0 spiro atoms. The summed E-state index contributed by atoms with van der Waals surface area (Å²) in [7, 11) is -3.83. The molecule has 0 saturated carbocycles. The van der Waals surface area contributed by atoms with E-state index in [4.69, 9.17) is 0 Å². The molecule has 0 fully saturated rings. The molecule has 3 rings (SSSR count). The first-order valence-corrected chi connectivity index (χ1v) is 13.0. The molecule has 1 aromatic heterocycles. The van der Waals surface area contributed by atoms with Gasteiger partial charge in [0.2, 0.25) is 15.9 Å². The van der Waals surface area contributed by atoms with Crippen LogP contribution in [-0.4, -0.2) is 36.6 Å². The van der Waals surface area contributed by atoms with Gasteiger partial charge in [-0.1, -0.05) is 44.2 Å². The molecule has 0 saturated heterocycles. The van der Waals surface area contributed by atoms with Crippen LogP contribution in [0.4, 0.5) is 4.39 Å². The number of carbonyl (C=O) groups excluding carboxylic acids is 1. The Hall–Kier alpha value is -2.55. The van der Waals surface area contributed by atoms with Gasteiger partial charge < -0.3 is 4.90 Å². The summed E-state index contributed by atoms with van der Waals surface area (Å²) in [6.45, 7) is 6.42. The lowest BCUT2D eigenvalue weighted by atomic mass is 10.2. The van der Waals surface area contributed by atoms with E-state index in [2.05, 4.69) is 0 Å². The van der Waals surface area contributed by atoms with Gasteiger partial charge in [0, 0.05) is 22.8 Å². The zero-order chi connectivity index (χ0) is 24.0. The van der Waals surface area contributed by atoms with E-state index < -0.39 is 10.0 Å². The predicted molar refractivity (Wildman–Crippen MR) is 130 cm³/mol. The van der Waals surface area contributed by atoms with Gasteiger partial charge in [-0.15, -0.1) is 11.3 Å². The first-order valence-electron chi connectivity index (χ1n) is 10.8. The van der Waals surface area contributed by atoms with Crippen LogP contribution in [0.15, 0.2) is 71.6 Å². The summed E-state index contributed by atoms with van der Waals surface area (Å²) >= 11 is 1.59. The lowest BCUT2D eigenvalue weighted by molar-refractivity contribution is -0.132. The van der Waals surface area contributed by atoms with Crippen molar-refractivity contribution in [3.05, 3.63) is 87.9 Å². The minimum absolute atomic E-state index is 0.0433. The Morgan fingerprint density at radius 3 is 2.21 bits per heavy atom. The van der Waals surface area contributed by atoms with Gasteiger partial charge >= 0.3 is 0 Å². The molecule has 176 valence electrons. The van der Waals surface area contributed by atoms with E-state index in [0.29, 0.717) is 6.54 Å². The largest absolute Gasteiger partial charge is 0.332 e. The standard InChI is InChI=1S/C25H29FN2O3S2/c1-19(2)15-28(33(30,31)24-7-5-4-6-8-24)18-25(29)27(17-23-14-9-20(3)32-23)16-21-10-12-22(26)13-11-21/h4-14,19H,15-18H2,1-3H3. The summed E-state index contributed by atoms with van der Waals surface area (Å²) in [5, 5.41) is 0. The van der Waals surface area contributed by atoms with Crippen LogP contribution >= 0.6 is 11.3 Å². The van der Waals surface area contributed by atoms with E-state index >= 15 is 0 Å². The van der Waals surface area contributed by atoms with E-state index in [1.807, 2.05) is 32.9 Å². The van der Waals surface area contributed by atoms with Crippen LogP contribution in [0.25, 0.3) is 0 Å². The number of rotatable bonds is 10. The molecule has 0 aliphatic rings. The van der Waals surface area contributed by atoms with Crippen molar-refractivity contribution in [3.63, 3.8) is 0 Å². The predicted octanol–water partition coefficient (Wildman–Crippen LogP) is 5.07. The lowest BCUT2D eigenvalue weighted by Crippen LogP contribution is -2.43. The molecular weight excluding hydrogens is 459 g/mol. The summed E-state index contributed by atoms with van der Waals surface area (Å²) < 4.78 is 41.2. The van der Waals surface area contributed by atoms with Gasteiger partial charge in [0.05, 0.1) is 18.0 Å². The SMILES string of the molecule is Cc1ccc(CN(Cc2ccc(F)cc2)C(=O)CN(CC(C)C)S(=O)(=O)c2ccccc2)s1. The minimum atomic E-state index is -3.83. The average molecular weight is 489 g/mol. The molecule has 0 aliphatic carbocycles. The van der Waals surface area contributed by atoms with Crippen molar-refractivity contribution in [1.29, 1.82) is 0 Å². The van der Waals surface area contributed by atoms with Crippen molar-refractivity contribution in [2.75, 3.05) is 13.1 Å². The van der Waals surface area contributed by atoms with Crippen molar-refractivity contribution >= 4 is 27.3 Å². The molecule has 0 radical (unpaired) electrons. The van der Waals surface area contributed by atoms with Crippen LogP contribution in [0.3, 0.4) is 0 Å². The number of amides is 1. The van der Waals surface area contributed by atoms with Crippen LogP contribution in [0, 0.1) is 18.7 Å². The number of halogens is 1. The Labute approximate surface area is 199 Å². The van der Waals surface area contributed by atoms with E-state index in [1.165, 1.54) is 28.6 Å². The second kappa shape index (κ2) is 11.0. The molecule has 0 bridgehead atoms. The van der Waals surface area contributed by atoms with E-state index in [0.717, 1.165) is 15.3 Å². The molecule has 0 unspecified atom stereocenters. The van der Waals surface area contributed by atoms with Gasteiger partial charge in [0.15, 0.2) is 0 Å². The molecule has 5 nitrogen and oxygen atoms in total. The second-order valence-electron chi connectivity index (χ2n) is 8.39. The summed E-state index contributed by atoms with van der Waals surface area (Å²) in [6, 6.07) is 18.1. The summed E-state index contributed by atoms with van der Waals surface area (Å²) in [6.07, 6.45) is 0. The highest BCUT2D eigenvalue weighted by Gasteiger charge is 2.29. The molecular formula is C25H29FN2O3S2. The quantitative estimate of drug-likeness (QED) is 0.400. The van der Waals surface area contributed by atoms with Gasteiger partial charge in [-0.2, -0.15) is 4.31 Å². The molecule has 2 aromatic carbocycles. The first-order chi connectivity index (χ1) is 15.6. The Morgan fingerprint density at radius 1 is 0.970 bits per heavy atom. The molecule has 33 heavy (non-hydrogen) atoms. The number of thiophene rings is 1. The van der Waals surface area contributed by atoms with Gasteiger partial charge in [0.25, 0.3) is 0 Å². The fraction of sp³-hybridized carbons (Fsp3) is 0.320. The third-order valence-corrected chi connectivity index (χ3v) is 7.85. The molecule has 8 heteroatoms. The fourth-order valence-electron chi connectivity index (χ4n) is 3.45. The summed E-state index contributed by atoms with van der Waals surface area (Å²) in [5.41, 5.74) is 0.777. The fourth-order valence-corrected chi connectivity index (χ4v) is 5.93. The Balaban J connectivity index is 1.87. The van der Waals surface area contributed by atoms with Crippen LogP contribution in [0.5, 0.6) is 0 Å². The zero-order valence-corrected chi connectivity index (χ0v) is 20.7. The minimum Gasteiger partial charge on any atom is -0.332 e. The maximum atomic E-state index is 13.4. The maximum Gasteiger partial charge on any atom is 0.243 e. The number of hydrogen-bond donors (Lipinski definition) is 0. The average Bonchev–Trinajstić information content (AvgIpc) is 3.19. The lowest BCUT2D eigenvalue weighted by Gasteiger charge is -2.28. The molecule has 0 atom stereocenters. The van der Waals surface area contributed by atoms with Crippen LogP contribution in [0.2, 0.25) is 0 Å². The van der Waals surface area contributed by atoms with E-state index in [9.17, 15) is 17.6 Å². The molecule has 1 heterocycles. The summed E-state index contributed by atoms with van der Waals surface area (Å²) in [4.78, 5) is 17.4. The number of aryl methyl sites for hydroxylation is 1. The molecule has 0 N–H and O–H groups in total. The first kappa shape index (κ1) is 25.1. The monoisotopic (exact) mass is 488 g/mol. The van der Waals surface area contributed by atoms with Crippen molar-refractivity contribution in [2.45, 2.75) is 38.8 Å². The Morgan fingerprint density at radius 2 is 1.64 bits per heavy atom. The van der Waals surface area contributed by atoms with Crippen LogP contribution in [0.1, 0.15) is 29.2 Å². The number of benzene rings is 2. The highest BCUT2D eigenvalue weighted by atomic mass is 32.2. The normalized spacial score (nSPS) is 11.8. The van der Waals surface area contributed by atoms with Crippen LogP contribution in [-0.2, 0) is 27.9 Å². The Kier molecular flexibility index (Phi) is 8.40. The van der Waals surface area contributed by atoms with Crippen molar-refractivity contribution in [1.82, 2.24) is 9.21 Å². The van der Waals surface area contributed by atoms with Gasteiger partial charge in [-0.25, -0.2) is 12.8 Å². The maximum absolute atomic E-state index is 13.4. The third-order valence-electron chi connectivity index (χ3n) is 5.04. The molecule has 3 aromatic rings. The van der Waals surface area contributed by atoms with Gasteiger partial charge in [0.1, 0.15) is 5.82 Å². The summed E-state index contributed by atoms with van der Waals surface area (Å²) in [5.74, 6) is -0.602. The zero-order valence-electron chi connectivity index (χ0n) is 19.1. The van der Waals surface area contributed by atoms with Crippen LogP contribution < -0.4 is 0 Å². The van der Waals surface area contributed by atoms with E-state index in [1.54, 1.807) is 46.6 Å². The van der Waals surface area contributed by atoms with Crippen molar-refractivity contribution in [2.24, 2.45) is 5.92 Å². The smallest absolute Gasteiger partial charge is 0.243 e. The number of nitrogens with zero attached hydrogens (tertiary/aromatic N) is 2. The van der Waals surface area contributed by atoms with Gasteiger partial charge in [-0.3, -0.25) is 4.79 Å². The number of sulfonamides is 1. The van der Waals surface area contributed by atoms with Crippen molar-refractivity contribution in [3.8, 4) is 0 Å². The van der Waals surface area contributed by atoms with Gasteiger partial charge in [-0.05, 0) is 54.8 Å². The van der Waals surface area contributed by atoms with E-state index in [-0.39, 0.29) is 42.2 Å². The molecule has 0 aliphatic heterocycles.